The molecule has 1 aromatic carbocycles. The zero-order chi connectivity index (χ0) is 12.6. The van der Waals surface area contributed by atoms with Crippen LogP contribution in [-0.2, 0) is 7.05 Å². The third-order valence-corrected chi connectivity index (χ3v) is 3.16. The maximum atomic E-state index is 11.2. The minimum atomic E-state index is 0.651. The zero-order valence-electron chi connectivity index (χ0n) is 10.4. The topological polar surface area (TPSA) is 40.5 Å². The first kappa shape index (κ1) is 11.5. The molecular weight excluding hydrogens is 218 g/mol. The highest BCUT2D eigenvalue weighted by molar-refractivity contribution is 6.05. The van der Waals surface area contributed by atoms with E-state index in [1.807, 2.05) is 30.7 Å². The standard InChI is InChI=1S/C13H15NO3/c1-8-9(7-15)12-10(16-3)5-6-11(17-4)13(12)14(8)2/h5-7H,1-4H3. The van der Waals surface area contributed by atoms with Crippen molar-refractivity contribution in [3.8, 4) is 11.5 Å². The predicted octanol–water partition coefficient (Wildman–Crippen LogP) is 2.32. The highest BCUT2D eigenvalue weighted by Crippen LogP contribution is 2.37. The third-order valence-electron chi connectivity index (χ3n) is 3.16. The number of aromatic nitrogens is 1. The number of carbonyl (C=O) groups excluding carboxylic acids is 1. The van der Waals surface area contributed by atoms with Crippen molar-refractivity contribution < 1.29 is 14.3 Å². The number of rotatable bonds is 3. The SMILES string of the molecule is COc1ccc(OC)c2c1c(C=O)c(C)n2C. The van der Waals surface area contributed by atoms with Gasteiger partial charge in [-0.2, -0.15) is 0 Å². The summed E-state index contributed by atoms with van der Waals surface area (Å²) in [7, 11) is 5.12. The van der Waals surface area contributed by atoms with E-state index in [1.54, 1.807) is 14.2 Å². The molecule has 0 saturated heterocycles. The molecule has 4 nitrogen and oxygen atoms in total. The summed E-state index contributed by atoms with van der Waals surface area (Å²) in [5.74, 6) is 1.42. The quantitative estimate of drug-likeness (QED) is 0.764. The Kier molecular flexibility index (Phi) is 2.79. The zero-order valence-corrected chi connectivity index (χ0v) is 10.4. The van der Waals surface area contributed by atoms with E-state index in [-0.39, 0.29) is 0 Å². The molecule has 0 spiro atoms. The van der Waals surface area contributed by atoms with Crippen LogP contribution >= 0.6 is 0 Å². The van der Waals surface area contributed by atoms with Crippen LogP contribution in [0.15, 0.2) is 12.1 Å². The molecule has 0 aliphatic carbocycles. The maximum Gasteiger partial charge on any atom is 0.152 e. The van der Waals surface area contributed by atoms with Crippen LogP contribution in [0.4, 0.5) is 0 Å². The Morgan fingerprint density at radius 3 is 2.29 bits per heavy atom. The van der Waals surface area contributed by atoms with Gasteiger partial charge < -0.3 is 14.0 Å². The van der Waals surface area contributed by atoms with Crippen LogP contribution < -0.4 is 9.47 Å². The van der Waals surface area contributed by atoms with Crippen molar-refractivity contribution in [2.75, 3.05) is 14.2 Å². The number of carbonyl (C=O) groups is 1. The van der Waals surface area contributed by atoms with Gasteiger partial charge in [0.15, 0.2) is 6.29 Å². The molecule has 1 heterocycles. The van der Waals surface area contributed by atoms with Crippen LogP contribution in [0.25, 0.3) is 10.9 Å². The first-order valence-corrected chi connectivity index (χ1v) is 5.30. The van der Waals surface area contributed by atoms with Crippen LogP contribution in [0.2, 0.25) is 0 Å². The number of aryl methyl sites for hydroxylation is 1. The van der Waals surface area contributed by atoms with E-state index < -0.39 is 0 Å². The van der Waals surface area contributed by atoms with Crippen molar-refractivity contribution in [1.82, 2.24) is 4.57 Å². The minimum Gasteiger partial charge on any atom is -0.496 e. The van der Waals surface area contributed by atoms with E-state index in [9.17, 15) is 4.79 Å². The molecule has 17 heavy (non-hydrogen) atoms. The Hall–Kier alpha value is -1.97. The van der Waals surface area contributed by atoms with Crippen molar-refractivity contribution >= 4 is 17.2 Å². The molecule has 2 aromatic rings. The summed E-state index contributed by atoms with van der Waals surface area (Å²) in [5, 5.41) is 0.807. The Bertz CT molecular complexity index is 584. The lowest BCUT2D eigenvalue weighted by molar-refractivity contribution is 0.112. The first-order chi connectivity index (χ1) is 8.15. The highest BCUT2D eigenvalue weighted by atomic mass is 16.5. The van der Waals surface area contributed by atoms with E-state index in [0.29, 0.717) is 11.3 Å². The van der Waals surface area contributed by atoms with Gasteiger partial charge in [0, 0.05) is 18.3 Å². The molecule has 0 amide bonds. The predicted molar refractivity (Wildman–Crippen MR) is 66.1 cm³/mol. The number of benzene rings is 1. The summed E-state index contributed by atoms with van der Waals surface area (Å²) >= 11 is 0. The molecule has 0 atom stereocenters. The fourth-order valence-electron chi connectivity index (χ4n) is 2.16. The Morgan fingerprint density at radius 2 is 1.76 bits per heavy atom. The molecule has 0 aliphatic heterocycles. The average molecular weight is 233 g/mol. The van der Waals surface area contributed by atoms with Crippen LogP contribution in [0.5, 0.6) is 11.5 Å². The summed E-state index contributed by atoms with van der Waals surface area (Å²) in [6.07, 6.45) is 0.861. The van der Waals surface area contributed by atoms with Gasteiger partial charge in [0.2, 0.25) is 0 Å². The van der Waals surface area contributed by atoms with Crippen molar-refractivity contribution in [3.63, 3.8) is 0 Å². The van der Waals surface area contributed by atoms with Gasteiger partial charge in [0.25, 0.3) is 0 Å². The van der Waals surface area contributed by atoms with Gasteiger partial charge in [-0.15, -0.1) is 0 Å². The van der Waals surface area contributed by atoms with E-state index in [1.165, 1.54) is 0 Å². The van der Waals surface area contributed by atoms with Crippen molar-refractivity contribution in [2.45, 2.75) is 6.92 Å². The molecule has 2 rings (SSSR count). The normalized spacial score (nSPS) is 10.6. The molecule has 0 bridgehead atoms. The molecule has 0 aliphatic rings. The van der Waals surface area contributed by atoms with Gasteiger partial charge in [-0.05, 0) is 19.1 Å². The fourth-order valence-corrected chi connectivity index (χ4v) is 2.16. The van der Waals surface area contributed by atoms with Crippen molar-refractivity contribution in [2.24, 2.45) is 7.05 Å². The highest BCUT2D eigenvalue weighted by Gasteiger charge is 2.18. The monoisotopic (exact) mass is 233 g/mol. The number of fused-ring (bicyclic) bond motifs is 1. The van der Waals surface area contributed by atoms with E-state index in [0.717, 1.165) is 28.6 Å². The first-order valence-electron chi connectivity index (χ1n) is 5.30. The molecule has 90 valence electrons. The van der Waals surface area contributed by atoms with Gasteiger partial charge in [-0.3, -0.25) is 4.79 Å². The Labute approximate surface area is 99.7 Å². The van der Waals surface area contributed by atoms with Crippen molar-refractivity contribution in [3.05, 3.63) is 23.4 Å². The van der Waals surface area contributed by atoms with Crippen LogP contribution in [0.1, 0.15) is 16.1 Å². The molecule has 0 unspecified atom stereocenters. The average Bonchev–Trinajstić information content (AvgIpc) is 2.61. The van der Waals surface area contributed by atoms with Crippen LogP contribution in [0, 0.1) is 6.92 Å². The maximum absolute atomic E-state index is 11.2. The Morgan fingerprint density at radius 1 is 1.18 bits per heavy atom. The number of nitrogens with zero attached hydrogens (tertiary/aromatic N) is 1. The van der Waals surface area contributed by atoms with E-state index in [4.69, 9.17) is 9.47 Å². The van der Waals surface area contributed by atoms with Crippen molar-refractivity contribution in [1.29, 1.82) is 0 Å². The number of ether oxygens (including phenoxy) is 2. The number of methoxy groups -OCH3 is 2. The summed E-state index contributed by atoms with van der Waals surface area (Å²) in [6.45, 7) is 1.91. The second-order valence-electron chi connectivity index (χ2n) is 3.87. The lowest BCUT2D eigenvalue weighted by Gasteiger charge is -2.08. The summed E-state index contributed by atoms with van der Waals surface area (Å²) in [4.78, 5) is 11.2. The lowest BCUT2D eigenvalue weighted by Crippen LogP contribution is -1.94. The number of aldehydes is 1. The lowest BCUT2D eigenvalue weighted by atomic mass is 10.1. The smallest absolute Gasteiger partial charge is 0.152 e. The van der Waals surface area contributed by atoms with Crippen LogP contribution in [0.3, 0.4) is 0 Å². The molecule has 0 saturated carbocycles. The summed E-state index contributed by atoms with van der Waals surface area (Å²) < 4.78 is 12.6. The largest absolute Gasteiger partial charge is 0.496 e. The van der Waals surface area contributed by atoms with Gasteiger partial charge >= 0.3 is 0 Å². The van der Waals surface area contributed by atoms with Gasteiger partial charge in [-0.25, -0.2) is 0 Å². The summed E-state index contributed by atoms with van der Waals surface area (Å²) in [5.41, 5.74) is 2.43. The number of hydrogen-bond donors (Lipinski definition) is 0. The third kappa shape index (κ3) is 1.48. The van der Waals surface area contributed by atoms with Gasteiger partial charge in [0.1, 0.15) is 11.5 Å². The Balaban J connectivity index is 3.00. The van der Waals surface area contributed by atoms with E-state index >= 15 is 0 Å². The second-order valence-corrected chi connectivity index (χ2v) is 3.87. The molecule has 0 N–H and O–H groups in total. The molecule has 4 heteroatoms. The fraction of sp³-hybridized carbons (Fsp3) is 0.308. The van der Waals surface area contributed by atoms with Crippen LogP contribution in [-0.4, -0.2) is 25.1 Å². The molecule has 1 aromatic heterocycles. The number of hydrogen-bond acceptors (Lipinski definition) is 3. The second kappa shape index (κ2) is 4.13. The van der Waals surface area contributed by atoms with Gasteiger partial charge in [-0.1, -0.05) is 0 Å². The minimum absolute atomic E-state index is 0.651. The summed E-state index contributed by atoms with van der Waals surface area (Å²) in [6, 6.07) is 3.66. The molecular formula is C13H15NO3. The molecule has 0 fully saturated rings. The molecule has 0 radical (unpaired) electrons. The van der Waals surface area contributed by atoms with E-state index in [2.05, 4.69) is 0 Å². The van der Waals surface area contributed by atoms with Gasteiger partial charge in [0.05, 0.1) is 25.1 Å².